The first-order valence-electron chi connectivity index (χ1n) is 6.34. The lowest BCUT2D eigenvalue weighted by molar-refractivity contribution is -0.139. The summed E-state index contributed by atoms with van der Waals surface area (Å²) in [4.78, 5) is 23.5. The lowest BCUT2D eigenvalue weighted by Crippen LogP contribution is -2.41. The van der Waals surface area contributed by atoms with E-state index in [2.05, 4.69) is 15.7 Å². The molecule has 0 saturated heterocycles. The third-order valence-corrected chi connectivity index (χ3v) is 3.74. The van der Waals surface area contributed by atoms with E-state index in [4.69, 9.17) is 5.11 Å². The van der Waals surface area contributed by atoms with Gasteiger partial charge in [-0.1, -0.05) is 6.07 Å². The Labute approximate surface area is 125 Å². The molecular formula is C13H16N4O3S. The third-order valence-electron chi connectivity index (χ3n) is 2.81. The molecular weight excluding hydrogens is 292 g/mol. The number of amides is 2. The van der Waals surface area contributed by atoms with Crippen LogP contribution in [-0.2, 0) is 18.3 Å². The summed E-state index contributed by atoms with van der Waals surface area (Å²) >= 11 is 1.29. The number of carbonyl (C=O) groups is 2. The fraction of sp³-hybridized carbons (Fsp3) is 0.308. The summed E-state index contributed by atoms with van der Waals surface area (Å²) < 4.78 is 1.69. The van der Waals surface area contributed by atoms with Gasteiger partial charge in [-0.15, -0.1) is 11.3 Å². The van der Waals surface area contributed by atoms with E-state index in [1.165, 1.54) is 11.3 Å². The van der Waals surface area contributed by atoms with Gasteiger partial charge in [0.15, 0.2) is 6.04 Å². The molecule has 0 aliphatic heterocycles. The Hall–Kier alpha value is -2.35. The van der Waals surface area contributed by atoms with E-state index in [9.17, 15) is 9.59 Å². The molecule has 0 fully saturated rings. The number of urea groups is 1. The normalized spacial score (nSPS) is 11.9. The van der Waals surface area contributed by atoms with Crippen LogP contribution in [0.5, 0.6) is 0 Å². The Morgan fingerprint density at radius 2 is 2.33 bits per heavy atom. The summed E-state index contributed by atoms with van der Waals surface area (Å²) in [6.45, 7) is 0.411. The quantitative estimate of drug-likeness (QED) is 0.746. The van der Waals surface area contributed by atoms with Crippen LogP contribution in [0.25, 0.3) is 0 Å². The first-order chi connectivity index (χ1) is 10.1. The van der Waals surface area contributed by atoms with E-state index in [0.29, 0.717) is 17.8 Å². The number of nitrogens with one attached hydrogen (secondary N) is 2. The van der Waals surface area contributed by atoms with Crippen LogP contribution in [0, 0.1) is 0 Å². The molecule has 112 valence electrons. The highest BCUT2D eigenvalue weighted by Gasteiger charge is 2.22. The largest absolute Gasteiger partial charge is 0.479 e. The fourth-order valence-corrected chi connectivity index (χ4v) is 2.58. The fourth-order valence-electron chi connectivity index (χ4n) is 1.81. The molecule has 3 N–H and O–H groups in total. The Morgan fingerprint density at radius 3 is 2.90 bits per heavy atom. The summed E-state index contributed by atoms with van der Waals surface area (Å²) in [5, 5.41) is 20.0. The maximum absolute atomic E-state index is 11.7. The first kappa shape index (κ1) is 15.0. The minimum absolute atomic E-state index is 0.411. The molecule has 2 aromatic rings. The van der Waals surface area contributed by atoms with Gasteiger partial charge in [-0.25, -0.2) is 9.59 Å². The number of hydrogen-bond donors (Lipinski definition) is 3. The van der Waals surface area contributed by atoms with Gasteiger partial charge in [0.2, 0.25) is 0 Å². The number of nitrogens with zero attached hydrogens (tertiary/aromatic N) is 2. The zero-order valence-electron chi connectivity index (χ0n) is 11.4. The summed E-state index contributed by atoms with van der Waals surface area (Å²) in [5.41, 5.74) is 1.01. The average molecular weight is 308 g/mol. The predicted molar refractivity (Wildman–Crippen MR) is 78.1 cm³/mol. The number of rotatable bonds is 6. The van der Waals surface area contributed by atoms with Gasteiger partial charge in [0.1, 0.15) is 0 Å². The minimum Gasteiger partial charge on any atom is -0.479 e. The molecule has 0 aliphatic rings. The molecule has 0 spiro atoms. The van der Waals surface area contributed by atoms with Crippen molar-refractivity contribution in [2.75, 3.05) is 6.54 Å². The number of carbonyl (C=O) groups excluding carboxylic acids is 1. The zero-order chi connectivity index (χ0) is 15.2. The molecule has 0 saturated carbocycles. The van der Waals surface area contributed by atoms with Crippen LogP contribution >= 0.6 is 11.3 Å². The summed E-state index contributed by atoms with van der Waals surface area (Å²) in [6.07, 6.45) is 4.23. The van der Waals surface area contributed by atoms with E-state index >= 15 is 0 Å². The van der Waals surface area contributed by atoms with Crippen LogP contribution in [0.1, 0.15) is 16.5 Å². The van der Waals surface area contributed by atoms with Gasteiger partial charge in [-0.05, 0) is 23.4 Å². The standard InChI is InChI=1S/C13H16N4O3S/c1-17-8-9(7-15-17)4-5-14-13(20)16-11(12(18)19)10-3-2-6-21-10/h2-3,6-8,11H,4-5H2,1H3,(H,18,19)(H2,14,16,20). The van der Waals surface area contributed by atoms with Gasteiger partial charge in [-0.2, -0.15) is 5.10 Å². The molecule has 0 aromatic carbocycles. The number of carboxylic acids is 1. The molecule has 0 radical (unpaired) electrons. The van der Waals surface area contributed by atoms with E-state index in [1.807, 2.05) is 13.2 Å². The highest BCUT2D eigenvalue weighted by Crippen LogP contribution is 2.18. The maximum Gasteiger partial charge on any atom is 0.331 e. The highest BCUT2D eigenvalue weighted by molar-refractivity contribution is 7.10. The lowest BCUT2D eigenvalue weighted by atomic mass is 10.2. The van der Waals surface area contributed by atoms with E-state index in [-0.39, 0.29) is 0 Å². The van der Waals surface area contributed by atoms with Crippen LogP contribution in [0.2, 0.25) is 0 Å². The predicted octanol–water partition coefficient (Wildman–Crippen LogP) is 1.15. The summed E-state index contributed by atoms with van der Waals surface area (Å²) in [7, 11) is 1.82. The molecule has 0 aliphatic carbocycles. The topological polar surface area (TPSA) is 96.2 Å². The highest BCUT2D eigenvalue weighted by atomic mass is 32.1. The van der Waals surface area contributed by atoms with Crippen LogP contribution in [0.4, 0.5) is 4.79 Å². The molecule has 2 heterocycles. The van der Waals surface area contributed by atoms with Gasteiger partial charge < -0.3 is 15.7 Å². The lowest BCUT2D eigenvalue weighted by Gasteiger charge is -2.13. The van der Waals surface area contributed by atoms with Crippen molar-refractivity contribution in [1.29, 1.82) is 0 Å². The van der Waals surface area contributed by atoms with Crippen LogP contribution in [0.3, 0.4) is 0 Å². The summed E-state index contributed by atoms with van der Waals surface area (Å²) in [5.74, 6) is -1.08. The van der Waals surface area contributed by atoms with Crippen molar-refractivity contribution in [3.05, 3.63) is 40.3 Å². The Morgan fingerprint density at radius 1 is 1.52 bits per heavy atom. The molecule has 2 aromatic heterocycles. The van der Waals surface area contributed by atoms with Gasteiger partial charge >= 0.3 is 12.0 Å². The van der Waals surface area contributed by atoms with Crippen molar-refractivity contribution >= 4 is 23.3 Å². The number of aryl methyl sites for hydroxylation is 1. The molecule has 2 rings (SSSR count). The third kappa shape index (κ3) is 4.32. The zero-order valence-corrected chi connectivity index (χ0v) is 12.3. The molecule has 8 heteroatoms. The molecule has 21 heavy (non-hydrogen) atoms. The van der Waals surface area contributed by atoms with Gasteiger partial charge in [-0.3, -0.25) is 4.68 Å². The molecule has 1 unspecified atom stereocenters. The number of aromatic nitrogens is 2. The molecule has 0 bridgehead atoms. The second-order valence-electron chi connectivity index (χ2n) is 4.46. The van der Waals surface area contributed by atoms with E-state index in [1.54, 1.807) is 28.4 Å². The van der Waals surface area contributed by atoms with Crippen LogP contribution in [-0.4, -0.2) is 33.4 Å². The smallest absolute Gasteiger partial charge is 0.331 e. The molecule has 1 atom stereocenters. The van der Waals surface area contributed by atoms with Crippen molar-refractivity contribution < 1.29 is 14.7 Å². The van der Waals surface area contributed by atoms with Gasteiger partial charge in [0, 0.05) is 24.7 Å². The molecule has 7 nitrogen and oxygen atoms in total. The van der Waals surface area contributed by atoms with Crippen molar-refractivity contribution in [3.63, 3.8) is 0 Å². The van der Waals surface area contributed by atoms with Gasteiger partial charge in [0.05, 0.1) is 6.20 Å². The van der Waals surface area contributed by atoms with Crippen LogP contribution in [0.15, 0.2) is 29.9 Å². The minimum atomic E-state index is -1.08. The number of thiophene rings is 1. The Kier molecular flexibility index (Phi) is 4.94. The SMILES string of the molecule is Cn1cc(CCNC(=O)NC(C(=O)O)c2cccs2)cn1. The number of hydrogen-bond acceptors (Lipinski definition) is 4. The first-order valence-corrected chi connectivity index (χ1v) is 7.22. The van der Waals surface area contributed by atoms with Crippen LogP contribution < -0.4 is 10.6 Å². The van der Waals surface area contributed by atoms with Crippen molar-refractivity contribution in [1.82, 2.24) is 20.4 Å². The monoisotopic (exact) mass is 308 g/mol. The Balaban J connectivity index is 1.81. The van der Waals surface area contributed by atoms with E-state index < -0.39 is 18.0 Å². The van der Waals surface area contributed by atoms with Gasteiger partial charge in [0.25, 0.3) is 0 Å². The Bertz CT molecular complexity index is 609. The second kappa shape index (κ2) is 6.89. The average Bonchev–Trinajstić information content (AvgIpc) is 3.07. The molecule has 2 amide bonds. The van der Waals surface area contributed by atoms with E-state index in [0.717, 1.165) is 5.56 Å². The number of carboxylic acid groups (broad SMARTS) is 1. The number of aliphatic carboxylic acids is 1. The van der Waals surface area contributed by atoms with Crippen molar-refractivity contribution in [2.45, 2.75) is 12.5 Å². The second-order valence-corrected chi connectivity index (χ2v) is 5.44. The summed E-state index contributed by atoms with van der Waals surface area (Å²) in [6, 6.07) is 1.90. The maximum atomic E-state index is 11.7. The van der Waals surface area contributed by atoms with Crippen molar-refractivity contribution in [2.24, 2.45) is 7.05 Å². The van der Waals surface area contributed by atoms with Crippen molar-refractivity contribution in [3.8, 4) is 0 Å².